The number of thiazole rings is 1. The highest BCUT2D eigenvalue weighted by molar-refractivity contribution is 7.09. The highest BCUT2D eigenvalue weighted by Gasteiger charge is 2.16. The maximum absolute atomic E-state index is 4.57. The molecule has 1 fully saturated rings. The first kappa shape index (κ1) is 14.0. The van der Waals surface area contributed by atoms with Crippen LogP contribution in [0, 0.1) is 12.8 Å². The molecule has 2 nitrogen and oxygen atoms in total. The Morgan fingerprint density at radius 1 is 1.39 bits per heavy atom. The molecule has 1 N–H and O–H groups in total. The third-order valence-corrected chi connectivity index (χ3v) is 5.00. The minimum absolute atomic E-state index is 0.605. The Morgan fingerprint density at radius 2 is 2.17 bits per heavy atom. The minimum atomic E-state index is 0.605. The molecule has 0 aromatic carbocycles. The van der Waals surface area contributed by atoms with Crippen LogP contribution in [0.25, 0.3) is 0 Å². The highest BCUT2D eigenvalue weighted by atomic mass is 32.1. The summed E-state index contributed by atoms with van der Waals surface area (Å²) in [6.07, 6.45) is 11.1. The maximum atomic E-state index is 4.57. The van der Waals surface area contributed by atoms with Crippen LogP contribution in [0.1, 0.15) is 55.6 Å². The number of rotatable bonds is 6. The number of nitrogens with zero attached hydrogens (tertiary/aromatic N) is 1. The summed E-state index contributed by atoms with van der Waals surface area (Å²) in [5.74, 6) is 0.992. The first-order valence-corrected chi connectivity index (χ1v) is 8.24. The van der Waals surface area contributed by atoms with E-state index < -0.39 is 0 Å². The maximum Gasteiger partial charge on any atom is 0.0897 e. The fraction of sp³-hybridized carbons (Fsp3) is 0.800. The predicted octanol–water partition coefficient (Wildman–Crippen LogP) is 3.94. The normalized spacial score (nSPS) is 19.0. The van der Waals surface area contributed by atoms with Crippen molar-refractivity contribution in [1.29, 1.82) is 0 Å². The van der Waals surface area contributed by atoms with Crippen molar-refractivity contribution in [3.63, 3.8) is 0 Å². The second kappa shape index (κ2) is 7.25. The van der Waals surface area contributed by atoms with Crippen molar-refractivity contribution >= 4 is 11.3 Å². The molecule has 1 unspecified atom stereocenters. The van der Waals surface area contributed by atoms with Crippen LogP contribution in [0.5, 0.6) is 0 Å². The molecular weight excluding hydrogens is 240 g/mol. The molecule has 1 aliphatic carbocycles. The SMILES string of the molecule is CNC(CCC1CCCCC1)Cc1csc(C)n1. The van der Waals surface area contributed by atoms with Crippen molar-refractivity contribution < 1.29 is 0 Å². The third kappa shape index (κ3) is 4.36. The molecule has 1 atom stereocenters. The summed E-state index contributed by atoms with van der Waals surface area (Å²) in [7, 11) is 2.09. The van der Waals surface area contributed by atoms with Gasteiger partial charge in [-0.25, -0.2) is 4.98 Å². The van der Waals surface area contributed by atoms with E-state index in [9.17, 15) is 0 Å². The second-order valence-electron chi connectivity index (χ2n) is 5.63. The summed E-state index contributed by atoms with van der Waals surface area (Å²) >= 11 is 1.76. The van der Waals surface area contributed by atoms with Gasteiger partial charge in [0.25, 0.3) is 0 Å². The van der Waals surface area contributed by atoms with E-state index >= 15 is 0 Å². The van der Waals surface area contributed by atoms with E-state index in [1.807, 2.05) is 0 Å². The Hall–Kier alpha value is -0.410. The smallest absolute Gasteiger partial charge is 0.0897 e. The number of aryl methyl sites for hydroxylation is 1. The van der Waals surface area contributed by atoms with Crippen LogP contribution in [0.15, 0.2) is 5.38 Å². The fourth-order valence-electron chi connectivity index (χ4n) is 3.02. The molecule has 0 radical (unpaired) electrons. The van der Waals surface area contributed by atoms with Crippen LogP contribution < -0.4 is 5.32 Å². The average Bonchev–Trinajstić information content (AvgIpc) is 2.81. The van der Waals surface area contributed by atoms with E-state index in [2.05, 4.69) is 29.7 Å². The molecule has 0 spiro atoms. The summed E-state index contributed by atoms with van der Waals surface area (Å²) in [4.78, 5) is 4.57. The van der Waals surface area contributed by atoms with Gasteiger partial charge in [0.05, 0.1) is 10.7 Å². The Kier molecular flexibility index (Phi) is 5.64. The Labute approximate surface area is 115 Å². The van der Waals surface area contributed by atoms with E-state index in [1.54, 1.807) is 11.3 Å². The van der Waals surface area contributed by atoms with Crippen LogP contribution in [-0.4, -0.2) is 18.1 Å². The van der Waals surface area contributed by atoms with Gasteiger partial charge in [-0.05, 0) is 32.7 Å². The van der Waals surface area contributed by atoms with E-state index in [1.165, 1.54) is 55.6 Å². The number of hydrogen-bond donors (Lipinski definition) is 1. The first-order valence-electron chi connectivity index (χ1n) is 7.36. The van der Waals surface area contributed by atoms with E-state index in [4.69, 9.17) is 0 Å². The average molecular weight is 266 g/mol. The topological polar surface area (TPSA) is 24.9 Å². The van der Waals surface area contributed by atoms with Gasteiger partial charge in [-0.1, -0.05) is 32.1 Å². The number of hydrogen-bond acceptors (Lipinski definition) is 3. The van der Waals surface area contributed by atoms with Crippen LogP contribution in [-0.2, 0) is 6.42 Å². The van der Waals surface area contributed by atoms with Crippen molar-refractivity contribution in [3.8, 4) is 0 Å². The van der Waals surface area contributed by atoms with Gasteiger partial charge in [0.1, 0.15) is 0 Å². The van der Waals surface area contributed by atoms with Gasteiger partial charge in [0.15, 0.2) is 0 Å². The monoisotopic (exact) mass is 266 g/mol. The lowest BCUT2D eigenvalue weighted by atomic mass is 9.85. The van der Waals surface area contributed by atoms with Crippen LogP contribution >= 0.6 is 11.3 Å². The molecule has 0 amide bonds. The molecule has 1 aliphatic rings. The number of aromatic nitrogens is 1. The van der Waals surface area contributed by atoms with Crippen LogP contribution in [0.4, 0.5) is 0 Å². The quantitative estimate of drug-likeness (QED) is 0.843. The molecule has 3 heteroatoms. The molecular formula is C15H26N2S. The van der Waals surface area contributed by atoms with Crippen molar-refractivity contribution in [2.24, 2.45) is 5.92 Å². The zero-order chi connectivity index (χ0) is 12.8. The lowest BCUT2D eigenvalue weighted by Crippen LogP contribution is -2.28. The first-order chi connectivity index (χ1) is 8.78. The molecule has 1 aromatic rings. The molecule has 1 aromatic heterocycles. The van der Waals surface area contributed by atoms with E-state index in [0.717, 1.165) is 12.3 Å². The van der Waals surface area contributed by atoms with Gasteiger partial charge in [0.2, 0.25) is 0 Å². The van der Waals surface area contributed by atoms with E-state index in [-0.39, 0.29) is 0 Å². The fourth-order valence-corrected chi connectivity index (χ4v) is 3.64. The van der Waals surface area contributed by atoms with Crippen molar-refractivity contribution in [2.45, 2.75) is 64.3 Å². The standard InChI is InChI=1S/C15H26N2S/c1-12-17-15(11-18-12)10-14(16-2)9-8-13-6-4-3-5-7-13/h11,13-14,16H,3-10H2,1-2H3. The highest BCUT2D eigenvalue weighted by Crippen LogP contribution is 2.28. The molecule has 0 bridgehead atoms. The van der Waals surface area contributed by atoms with Crippen molar-refractivity contribution in [1.82, 2.24) is 10.3 Å². The van der Waals surface area contributed by atoms with Crippen molar-refractivity contribution in [3.05, 3.63) is 16.1 Å². The Bertz CT molecular complexity index is 342. The summed E-state index contributed by atoms with van der Waals surface area (Å²) in [6, 6.07) is 0.605. The molecule has 0 saturated heterocycles. The predicted molar refractivity (Wildman–Crippen MR) is 79.2 cm³/mol. The summed E-state index contributed by atoms with van der Waals surface area (Å²) < 4.78 is 0. The van der Waals surface area contributed by atoms with Gasteiger partial charge in [0, 0.05) is 17.8 Å². The van der Waals surface area contributed by atoms with Gasteiger partial charge in [-0.15, -0.1) is 11.3 Å². The van der Waals surface area contributed by atoms with Gasteiger partial charge < -0.3 is 5.32 Å². The lowest BCUT2D eigenvalue weighted by Gasteiger charge is -2.24. The van der Waals surface area contributed by atoms with Gasteiger partial charge in [-0.3, -0.25) is 0 Å². The molecule has 102 valence electrons. The Morgan fingerprint density at radius 3 is 2.78 bits per heavy atom. The van der Waals surface area contributed by atoms with Crippen molar-refractivity contribution in [2.75, 3.05) is 7.05 Å². The molecule has 1 heterocycles. The molecule has 18 heavy (non-hydrogen) atoms. The third-order valence-electron chi connectivity index (χ3n) is 4.18. The summed E-state index contributed by atoms with van der Waals surface area (Å²) in [5, 5.41) is 6.86. The number of likely N-dealkylation sites (N-methyl/N-ethyl adjacent to an activating group) is 1. The molecule has 0 aliphatic heterocycles. The lowest BCUT2D eigenvalue weighted by molar-refractivity contribution is 0.315. The molecule has 2 rings (SSSR count). The van der Waals surface area contributed by atoms with E-state index in [0.29, 0.717) is 6.04 Å². The second-order valence-corrected chi connectivity index (χ2v) is 6.69. The minimum Gasteiger partial charge on any atom is -0.317 e. The summed E-state index contributed by atoms with van der Waals surface area (Å²) in [5.41, 5.74) is 1.26. The van der Waals surface area contributed by atoms with Crippen LogP contribution in [0.2, 0.25) is 0 Å². The largest absolute Gasteiger partial charge is 0.317 e. The zero-order valence-electron chi connectivity index (χ0n) is 11.7. The number of nitrogens with one attached hydrogen (secondary N) is 1. The zero-order valence-corrected chi connectivity index (χ0v) is 12.6. The Balaban J connectivity index is 1.74. The summed E-state index contributed by atoms with van der Waals surface area (Å²) in [6.45, 7) is 2.09. The van der Waals surface area contributed by atoms with Gasteiger partial charge >= 0.3 is 0 Å². The molecule has 1 saturated carbocycles. The van der Waals surface area contributed by atoms with Crippen LogP contribution in [0.3, 0.4) is 0 Å². The van der Waals surface area contributed by atoms with Gasteiger partial charge in [-0.2, -0.15) is 0 Å².